The van der Waals surface area contributed by atoms with Gasteiger partial charge in [-0.1, -0.05) is 30.7 Å². The fourth-order valence-electron chi connectivity index (χ4n) is 1.91. The summed E-state index contributed by atoms with van der Waals surface area (Å²) in [4.78, 5) is 0. The number of nitrogen functional groups attached to an aromatic ring is 1. The summed E-state index contributed by atoms with van der Waals surface area (Å²) in [6, 6.07) is 7.42. The van der Waals surface area contributed by atoms with Crippen molar-refractivity contribution < 1.29 is 4.74 Å². The maximum atomic E-state index is 6.32. The molecule has 0 unspecified atom stereocenters. The molecule has 0 radical (unpaired) electrons. The number of para-hydroxylation sites is 2. The molecule has 0 bridgehead atoms. The van der Waals surface area contributed by atoms with Crippen molar-refractivity contribution in [3.63, 3.8) is 0 Å². The Hall–Kier alpha value is -1.68. The summed E-state index contributed by atoms with van der Waals surface area (Å²) >= 11 is 6.32. The van der Waals surface area contributed by atoms with Crippen LogP contribution in [-0.4, -0.2) is 9.78 Å². The molecule has 0 atom stereocenters. The van der Waals surface area contributed by atoms with E-state index in [0.29, 0.717) is 23.1 Å². The highest BCUT2D eigenvalue weighted by Crippen LogP contribution is 2.25. The van der Waals surface area contributed by atoms with Crippen LogP contribution in [-0.2, 0) is 19.6 Å². The minimum absolute atomic E-state index is 0.369. The highest BCUT2D eigenvalue weighted by Gasteiger charge is 2.15. The zero-order chi connectivity index (χ0) is 13.8. The number of aryl methyl sites for hydroxylation is 2. The molecule has 2 aromatic rings. The molecule has 2 rings (SSSR count). The largest absolute Gasteiger partial charge is 0.485 e. The molecule has 5 heteroatoms. The van der Waals surface area contributed by atoms with Crippen LogP contribution in [0, 0.1) is 0 Å². The summed E-state index contributed by atoms with van der Waals surface area (Å²) in [5.74, 6) is 0.667. The van der Waals surface area contributed by atoms with Crippen molar-refractivity contribution in [2.45, 2.75) is 33.4 Å². The number of hydrogen-bond donors (Lipinski definition) is 1. The van der Waals surface area contributed by atoms with Crippen LogP contribution < -0.4 is 10.5 Å². The number of nitrogens with two attached hydrogens (primary N) is 1. The molecule has 0 aliphatic heterocycles. The summed E-state index contributed by atoms with van der Waals surface area (Å²) in [5.41, 5.74) is 8.26. The summed E-state index contributed by atoms with van der Waals surface area (Å²) < 4.78 is 7.61. The third-order valence-electron chi connectivity index (χ3n) is 2.98. The molecule has 0 saturated heterocycles. The van der Waals surface area contributed by atoms with Gasteiger partial charge >= 0.3 is 0 Å². The minimum Gasteiger partial charge on any atom is -0.485 e. The van der Waals surface area contributed by atoms with E-state index in [-0.39, 0.29) is 0 Å². The topological polar surface area (TPSA) is 53.1 Å². The Morgan fingerprint density at radius 3 is 2.68 bits per heavy atom. The van der Waals surface area contributed by atoms with Gasteiger partial charge < -0.3 is 10.5 Å². The van der Waals surface area contributed by atoms with Crippen molar-refractivity contribution in [2.24, 2.45) is 0 Å². The Morgan fingerprint density at radius 2 is 2.05 bits per heavy atom. The lowest BCUT2D eigenvalue weighted by Crippen LogP contribution is -2.07. The zero-order valence-corrected chi connectivity index (χ0v) is 11.9. The SMILES string of the molecule is CCc1nn(CC)c(COc2ccccc2N)c1Cl. The van der Waals surface area contributed by atoms with Gasteiger partial charge in [0.2, 0.25) is 0 Å². The third-order valence-corrected chi connectivity index (χ3v) is 3.41. The molecule has 0 aliphatic rings. The van der Waals surface area contributed by atoms with Crippen LogP contribution in [0.15, 0.2) is 24.3 Å². The van der Waals surface area contributed by atoms with E-state index in [4.69, 9.17) is 22.1 Å². The second-order valence-corrected chi connectivity index (χ2v) is 4.58. The van der Waals surface area contributed by atoms with E-state index in [0.717, 1.165) is 24.4 Å². The number of aromatic nitrogens is 2. The number of hydrogen-bond acceptors (Lipinski definition) is 3. The molecule has 0 saturated carbocycles. The van der Waals surface area contributed by atoms with Crippen molar-refractivity contribution in [1.29, 1.82) is 0 Å². The van der Waals surface area contributed by atoms with Crippen molar-refractivity contribution >= 4 is 17.3 Å². The predicted octanol–water partition coefficient (Wildman–Crippen LogP) is 3.28. The molecule has 102 valence electrons. The number of halogens is 1. The van der Waals surface area contributed by atoms with Crippen molar-refractivity contribution in [1.82, 2.24) is 9.78 Å². The Labute approximate surface area is 118 Å². The van der Waals surface area contributed by atoms with Gasteiger partial charge in [-0.2, -0.15) is 5.10 Å². The van der Waals surface area contributed by atoms with Crippen LogP contribution in [0.2, 0.25) is 5.02 Å². The van der Waals surface area contributed by atoms with E-state index in [2.05, 4.69) is 5.10 Å². The average molecular weight is 280 g/mol. The quantitative estimate of drug-likeness (QED) is 0.855. The smallest absolute Gasteiger partial charge is 0.142 e. The summed E-state index contributed by atoms with van der Waals surface area (Å²) in [7, 11) is 0. The van der Waals surface area contributed by atoms with E-state index < -0.39 is 0 Å². The molecule has 0 spiro atoms. The first-order chi connectivity index (χ1) is 9.17. The van der Waals surface area contributed by atoms with Crippen LogP contribution in [0.25, 0.3) is 0 Å². The number of anilines is 1. The first kappa shape index (κ1) is 13.7. The molecular formula is C14H18ClN3O. The maximum Gasteiger partial charge on any atom is 0.142 e. The van der Waals surface area contributed by atoms with Crippen LogP contribution in [0.5, 0.6) is 5.75 Å². The summed E-state index contributed by atoms with van der Waals surface area (Å²) in [6.45, 7) is 5.20. The highest BCUT2D eigenvalue weighted by molar-refractivity contribution is 6.31. The Kier molecular flexibility index (Phi) is 4.32. The van der Waals surface area contributed by atoms with Crippen LogP contribution >= 0.6 is 11.6 Å². The predicted molar refractivity (Wildman–Crippen MR) is 77.5 cm³/mol. The fourth-order valence-corrected chi connectivity index (χ4v) is 2.24. The Morgan fingerprint density at radius 1 is 1.32 bits per heavy atom. The molecule has 0 aliphatic carbocycles. The van der Waals surface area contributed by atoms with E-state index in [1.807, 2.05) is 42.8 Å². The fraction of sp³-hybridized carbons (Fsp3) is 0.357. The standard InChI is InChI=1S/C14H18ClN3O/c1-3-11-14(15)12(18(4-2)17-11)9-19-13-8-6-5-7-10(13)16/h5-8H,3-4,9,16H2,1-2H3. The first-order valence-electron chi connectivity index (χ1n) is 6.38. The van der Waals surface area contributed by atoms with Gasteiger partial charge in [-0.05, 0) is 25.5 Å². The van der Waals surface area contributed by atoms with Gasteiger partial charge in [0.05, 0.1) is 22.1 Å². The number of benzene rings is 1. The van der Waals surface area contributed by atoms with Crippen LogP contribution in [0.1, 0.15) is 25.2 Å². The summed E-state index contributed by atoms with van der Waals surface area (Å²) in [6.07, 6.45) is 0.812. The Bertz CT molecular complexity index is 566. The van der Waals surface area contributed by atoms with Gasteiger partial charge in [-0.25, -0.2) is 0 Å². The number of ether oxygens (including phenoxy) is 1. The van der Waals surface area contributed by atoms with E-state index in [1.165, 1.54) is 0 Å². The lowest BCUT2D eigenvalue weighted by Gasteiger charge is -2.10. The monoisotopic (exact) mass is 279 g/mol. The number of nitrogens with zero attached hydrogens (tertiary/aromatic N) is 2. The van der Waals surface area contributed by atoms with E-state index in [1.54, 1.807) is 0 Å². The van der Waals surface area contributed by atoms with Crippen molar-refractivity contribution in [3.8, 4) is 5.75 Å². The third kappa shape index (κ3) is 2.84. The molecule has 0 amide bonds. The normalized spacial score (nSPS) is 10.7. The second kappa shape index (κ2) is 5.97. The Balaban J connectivity index is 2.20. The van der Waals surface area contributed by atoms with Gasteiger partial charge in [0, 0.05) is 6.54 Å². The molecule has 1 aromatic carbocycles. The van der Waals surface area contributed by atoms with Gasteiger partial charge in [0.15, 0.2) is 0 Å². The molecule has 19 heavy (non-hydrogen) atoms. The zero-order valence-electron chi connectivity index (χ0n) is 11.2. The van der Waals surface area contributed by atoms with Crippen LogP contribution in [0.3, 0.4) is 0 Å². The molecule has 2 N–H and O–H groups in total. The lowest BCUT2D eigenvalue weighted by molar-refractivity contribution is 0.294. The van der Waals surface area contributed by atoms with Crippen molar-refractivity contribution in [2.75, 3.05) is 5.73 Å². The van der Waals surface area contributed by atoms with Gasteiger partial charge in [-0.3, -0.25) is 4.68 Å². The minimum atomic E-state index is 0.369. The van der Waals surface area contributed by atoms with E-state index in [9.17, 15) is 0 Å². The van der Waals surface area contributed by atoms with E-state index >= 15 is 0 Å². The average Bonchev–Trinajstić information content (AvgIpc) is 2.74. The molecule has 4 nitrogen and oxygen atoms in total. The molecule has 1 heterocycles. The second-order valence-electron chi connectivity index (χ2n) is 4.20. The summed E-state index contributed by atoms with van der Waals surface area (Å²) in [5, 5.41) is 5.15. The van der Waals surface area contributed by atoms with Gasteiger partial charge in [0.1, 0.15) is 12.4 Å². The molecular weight excluding hydrogens is 262 g/mol. The highest BCUT2D eigenvalue weighted by atomic mass is 35.5. The maximum absolute atomic E-state index is 6.32. The van der Waals surface area contributed by atoms with Crippen LogP contribution in [0.4, 0.5) is 5.69 Å². The van der Waals surface area contributed by atoms with Gasteiger partial charge in [0.25, 0.3) is 0 Å². The van der Waals surface area contributed by atoms with Gasteiger partial charge in [-0.15, -0.1) is 0 Å². The molecule has 1 aromatic heterocycles. The lowest BCUT2D eigenvalue weighted by atomic mass is 10.3. The van der Waals surface area contributed by atoms with Crippen molar-refractivity contribution in [3.05, 3.63) is 40.7 Å². The molecule has 0 fully saturated rings. The number of rotatable bonds is 5. The first-order valence-corrected chi connectivity index (χ1v) is 6.76.